The fourth-order valence-corrected chi connectivity index (χ4v) is 2.02. The third-order valence-corrected chi connectivity index (χ3v) is 3.19. The maximum absolute atomic E-state index is 12.5. The smallest absolute Gasteiger partial charge is 0.387 e. The standard InChI is InChI=1S/C18H16F2O3/c1-12-6-8-13(9-7-12)15(21)11-10-14-4-3-5-16(22-2)17(14)23-18(19)20/h3-11,18H,1-2H3. The highest BCUT2D eigenvalue weighted by atomic mass is 19.3. The fraction of sp³-hybridized carbons (Fsp3) is 0.167. The van der Waals surface area contributed by atoms with Crippen LogP contribution < -0.4 is 9.47 Å². The molecule has 0 spiro atoms. The van der Waals surface area contributed by atoms with Crippen molar-refractivity contribution in [1.29, 1.82) is 0 Å². The lowest BCUT2D eigenvalue weighted by Crippen LogP contribution is -2.05. The van der Waals surface area contributed by atoms with Crippen molar-refractivity contribution in [2.75, 3.05) is 7.11 Å². The minimum Gasteiger partial charge on any atom is -0.493 e. The Morgan fingerprint density at radius 1 is 1.13 bits per heavy atom. The number of hydrogen-bond donors (Lipinski definition) is 0. The molecule has 3 nitrogen and oxygen atoms in total. The molecule has 2 aromatic carbocycles. The number of ether oxygens (including phenoxy) is 2. The van der Waals surface area contributed by atoms with Gasteiger partial charge in [0.15, 0.2) is 17.3 Å². The molecule has 0 radical (unpaired) electrons. The zero-order valence-electron chi connectivity index (χ0n) is 12.8. The lowest BCUT2D eigenvalue weighted by atomic mass is 10.1. The number of aryl methyl sites for hydroxylation is 1. The molecule has 120 valence electrons. The number of methoxy groups -OCH3 is 1. The minimum atomic E-state index is -2.98. The van der Waals surface area contributed by atoms with Crippen molar-refractivity contribution in [3.63, 3.8) is 0 Å². The number of halogens is 2. The number of ketones is 1. The summed E-state index contributed by atoms with van der Waals surface area (Å²) in [6.45, 7) is -1.06. The van der Waals surface area contributed by atoms with Crippen LogP contribution in [0.4, 0.5) is 8.78 Å². The first-order valence-corrected chi connectivity index (χ1v) is 6.92. The Kier molecular flexibility index (Phi) is 5.46. The lowest BCUT2D eigenvalue weighted by molar-refractivity contribution is -0.0513. The molecule has 0 aromatic heterocycles. The fourth-order valence-electron chi connectivity index (χ4n) is 2.02. The zero-order valence-corrected chi connectivity index (χ0v) is 12.8. The molecule has 23 heavy (non-hydrogen) atoms. The number of hydrogen-bond acceptors (Lipinski definition) is 3. The number of para-hydroxylation sites is 1. The third-order valence-electron chi connectivity index (χ3n) is 3.19. The van der Waals surface area contributed by atoms with E-state index in [1.807, 2.05) is 19.1 Å². The SMILES string of the molecule is COc1cccc(C=CC(=O)c2ccc(C)cc2)c1OC(F)F. The second-order valence-corrected chi connectivity index (χ2v) is 4.82. The molecular weight excluding hydrogens is 302 g/mol. The van der Waals surface area contributed by atoms with Crippen LogP contribution in [0.25, 0.3) is 6.08 Å². The van der Waals surface area contributed by atoms with E-state index in [4.69, 9.17) is 4.74 Å². The van der Waals surface area contributed by atoms with Crippen LogP contribution in [0.2, 0.25) is 0 Å². The molecule has 0 aliphatic heterocycles. The van der Waals surface area contributed by atoms with Gasteiger partial charge in [-0.2, -0.15) is 8.78 Å². The molecule has 0 saturated carbocycles. The van der Waals surface area contributed by atoms with E-state index in [0.29, 0.717) is 11.1 Å². The van der Waals surface area contributed by atoms with Crippen LogP contribution in [0.5, 0.6) is 11.5 Å². The predicted molar refractivity (Wildman–Crippen MR) is 84.2 cm³/mol. The number of rotatable bonds is 6. The Morgan fingerprint density at radius 3 is 2.43 bits per heavy atom. The van der Waals surface area contributed by atoms with Gasteiger partial charge < -0.3 is 9.47 Å². The molecule has 0 heterocycles. The topological polar surface area (TPSA) is 35.5 Å². The largest absolute Gasteiger partial charge is 0.493 e. The predicted octanol–water partition coefficient (Wildman–Crippen LogP) is 4.50. The number of allylic oxidation sites excluding steroid dienone is 1. The molecule has 0 aliphatic carbocycles. The van der Waals surface area contributed by atoms with E-state index < -0.39 is 6.61 Å². The van der Waals surface area contributed by atoms with Gasteiger partial charge in [-0.3, -0.25) is 4.79 Å². The molecule has 2 rings (SSSR count). The summed E-state index contributed by atoms with van der Waals surface area (Å²) in [6, 6.07) is 11.8. The van der Waals surface area contributed by atoms with Gasteiger partial charge in [0.25, 0.3) is 0 Å². The van der Waals surface area contributed by atoms with Crippen molar-refractivity contribution >= 4 is 11.9 Å². The summed E-state index contributed by atoms with van der Waals surface area (Å²) in [6.07, 6.45) is 2.75. The summed E-state index contributed by atoms with van der Waals surface area (Å²) in [5.41, 5.74) is 1.90. The van der Waals surface area contributed by atoms with E-state index in [-0.39, 0.29) is 17.3 Å². The average Bonchev–Trinajstić information content (AvgIpc) is 2.53. The number of alkyl halides is 2. The van der Waals surface area contributed by atoms with Gasteiger partial charge in [0, 0.05) is 11.1 Å². The first-order valence-electron chi connectivity index (χ1n) is 6.92. The van der Waals surface area contributed by atoms with Crippen LogP contribution in [0.1, 0.15) is 21.5 Å². The van der Waals surface area contributed by atoms with Gasteiger partial charge in [0.05, 0.1) is 7.11 Å². The van der Waals surface area contributed by atoms with Crippen LogP contribution in [-0.4, -0.2) is 19.5 Å². The molecule has 0 saturated heterocycles. The maximum Gasteiger partial charge on any atom is 0.387 e. The molecule has 0 atom stereocenters. The van der Waals surface area contributed by atoms with Crippen molar-refractivity contribution in [2.24, 2.45) is 0 Å². The molecule has 0 N–H and O–H groups in total. The van der Waals surface area contributed by atoms with E-state index in [2.05, 4.69) is 4.74 Å². The van der Waals surface area contributed by atoms with Gasteiger partial charge in [-0.25, -0.2) is 0 Å². The number of carbonyl (C=O) groups is 1. The van der Waals surface area contributed by atoms with Gasteiger partial charge in [0.2, 0.25) is 0 Å². The first-order chi connectivity index (χ1) is 11.0. The van der Waals surface area contributed by atoms with E-state index in [9.17, 15) is 13.6 Å². The first kappa shape index (κ1) is 16.7. The van der Waals surface area contributed by atoms with E-state index in [1.165, 1.54) is 25.3 Å². The quantitative estimate of drug-likeness (QED) is 0.581. The Labute approximate surface area is 133 Å². The second-order valence-electron chi connectivity index (χ2n) is 4.82. The minimum absolute atomic E-state index is 0.0991. The molecule has 0 unspecified atom stereocenters. The Morgan fingerprint density at radius 2 is 1.83 bits per heavy atom. The summed E-state index contributed by atoms with van der Waals surface area (Å²) in [5.74, 6) is -0.149. The van der Waals surface area contributed by atoms with Crippen molar-refractivity contribution in [3.05, 3.63) is 65.2 Å². The van der Waals surface area contributed by atoms with Crippen molar-refractivity contribution in [1.82, 2.24) is 0 Å². The second kappa shape index (κ2) is 7.54. The Hall–Kier alpha value is -2.69. The van der Waals surface area contributed by atoms with Crippen molar-refractivity contribution in [3.8, 4) is 11.5 Å². The normalized spacial score (nSPS) is 11.0. The van der Waals surface area contributed by atoms with E-state index in [0.717, 1.165) is 5.56 Å². The Bertz CT molecular complexity index is 707. The van der Waals surface area contributed by atoms with Gasteiger partial charge in [-0.05, 0) is 25.1 Å². The summed E-state index contributed by atoms with van der Waals surface area (Å²) in [5, 5.41) is 0. The highest BCUT2D eigenvalue weighted by molar-refractivity contribution is 6.07. The van der Waals surface area contributed by atoms with Gasteiger partial charge >= 0.3 is 6.61 Å². The molecule has 0 aliphatic rings. The van der Waals surface area contributed by atoms with E-state index >= 15 is 0 Å². The monoisotopic (exact) mass is 318 g/mol. The molecule has 5 heteroatoms. The molecule has 0 amide bonds. The number of benzene rings is 2. The summed E-state index contributed by atoms with van der Waals surface area (Å²) in [7, 11) is 1.36. The molecule has 0 fully saturated rings. The summed E-state index contributed by atoms with van der Waals surface area (Å²) in [4.78, 5) is 12.1. The third kappa shape index (κ3) is 4.39. The summed E-state index contributed by atoms with van der Waals surface area (Å²) < 4.78 is 34.6. The number of carbonyl (C=O) groups excluding carboxylic acids is 1. The average molecular weight is 318 g/mol. The lowest BCUT2D eigenvalue weighted by Gasteiger charge is -2.12. The van der Waals surface area contributed by atoms with Gasteiger partial charge in [-0.15, -0.1) is 0 Å². The molecule has 0 bridgehead atoms. The van der Waals surface area contributed by atoms with E-state index in [1.54, 1.807) is 24.3 Å². The van der Waals surface area contributed by atoms with Gasteiger partial charge in [0.1, 0.15) is 0 Å². The Balaban J connectivity index is 2.28. The van der Waals surface area contributed by atoms with Crippen LogP contribution in [-0.2, 0) is 0 Å². The molecular formula is C18H16F2O3. The molecule has 2 aromatic rings. The van der Waals surface area contributed by atoms with Gasteiger partial charge in [-0.1, -0.05) is 42.0 Å². The van der Waals surface area contributed by atoms with Crippen LogP contribution in [0.15, 0.2) is 48.5 Å². The van der Waals surface area contributed by atoms with Crippen molar-refractivity contribution in [2.45, 2.75) is 13.5 Å². The highest BCUT2D eigenvalue weighted by Crippen LogP contribution is 2.33. The van der Waals surface area contributed by atoms with Crippen LogP contribution in [0.3, 0.4) is 0 Å². The van der Waals surface area contributed by atoms with Crippen LogP contribution in [0, 0.1) is 6.92 Å². The van der Waals surface area contributed by atoms with Crippen molar-refractivity contribution < 1.29 is 23.0 Å². The zero-order chi connectivity index (χ0) is 16.8. The highest BCUT2D eigenvalue weighted by Gasteiger charge is 2.14. The van der Waals surface area contributed by atoms with Crippen LogP contribution >= 0.6 is 0 Å². The maximum atomic E-state index is 12.5. The summed E-state index contributed by atoms with van der Waals surface area (Å²) >= 11 is 0.